The molecule has 4 heteroatoms. The van der Waals surface area contributed by atoms with E-state index in [2.05, 4.69) is 16.0 Å². The monoisotopic (exact) mass is 244 g/mol. The summed E-state index contributed by atoms with van der Waals surface area (Å²) in [6.07, 6.45) is 4.86. The summed E-state index contributed by atoms with van der Waals surface area (Å²) in [5.74, 6) is -0.892. The number of likely N-dealkylation sites (N-methyl/N-ethyl adjacent to an activating group) is 1. The summed E-state index contributed by atoms with van der Waals surface area (Å²) >= 11 is 0. The highest BCUT2D eigenvalue weighted by Gasteiger charge is 2.05. The molecule has 1 aromatic heterocycles. The van der Waals surface area contributed by atoms with Crippen LogP contribution in [0.3, 0.4) is 0 Å². The van der Waals surface area contributed by atoms with Gasteiger partial charge >= 0.3 is 5.97 Å². The van der Waals surface area contributed by atoms with Gasteiger partial charge < -0.3 is 15.0 Å². The Morgan fingerprint density at radius 3 is 2.56 bits per heavy atom. The lowest BCUT2D eigenvalue weighted by molar-refractivity contribution is 0.0697. The maximum atomic E-state index is 10.7. The van der Waals surface area contributed by atoms with Crippen molar-refractivity contribution in [1.29, 1.82) is 0 Å². The summed E-state index contributed by atoms with van der Waals surface area (Å²) in [6.45, 7) is 0.893. The minimum atomic E-state index is -0.892. The normalized spacial score (nSPS) is 10.3. The molecule has 18 heavy (non-hydrogen) atoms. The molecule has 0 amide bonds. The molecule has 0 fully saturated rings. The van der Waals surface area contributed by atoms with E-state index in [1.807, 2.05) is 31.6 Å². The fourth-order valence-corrected chi connectivity index (χ4v) is 1.80. The van der Waals surface area contributed by atoms with Crippen molar-refractivity contribution in [3.05, 3.63) is 53.9 Å². The summed E-state index contributed by atoms with van der Waals surface area (Å²) in [7, 11) is 2.00. The zero-order valence-electron chi connectivity index (χ0n) is 10.3. The molecule has 0 aliphatic heterocycles. The number of nitrogens with zero attached hydrogens (tertiary/aromatic N) is 1. The summed E-state index contributed by atoms with van der Waals surface area (Å²) < 4.78 is 0. The highest BCUT2D eigenvalue weighted by Crippen LogP contribution is 2.14. The van der Waals surface area contributed by atoms with E-state index in [0.29, 0.717) is 5.56 Å². The Hall–Kier alpha value is -2.23. The molecule has 0 radical (unpaired) electrons. The van der Waals surface area contributed by atoms with Crippen LogP contribution in [-0.4, -0.2) is 29.7 Å². The van der Waals surface area contributed by atoms with Gasteiger partial charge in [-0.2, -0.15) is 0 Å². The third-order valence-corrected chi connectivity index (χ3v) is 2.95. The molecule has 94 valence electrons. The van der Waals surface area contributed by atoms with Crippen molar-refractivity contribution in [3.8, 4) is 0 Å². The van der Waals surface area contributed by atoms with Crippen LogP contribution in [0.2, 0.25) is 0 Å². The summed E-state index contributed by atoms with van der Waals surface area (Å²) in [5, 5.41) is 8.83. The van der Waals surface area contributed by atoms with Crippen LogP contribution in [0.4, 0.5) is 5.69 Å². The van der Waals surface area contributed by atoms with Crippen molar-refractivity contribution in [1.82, 2.24) is 4.98 Å². The first-order valence-electron chi connectivity index (χ1n) is 5.83. The number of carbonyl (C=O) groups is 1. The molecular formula is C14H16N2O2. The lowest BCUT2D eigenvalue weighted by atomic mass is 10.2. The molecule has 0 spiro atoms. The molecule has 4 nitrogen and oxygen atoms in total. The first-order chi connectivity index (χ1) is 8.66. The molecule has 1 aromatic carbocycles. The van der Waals surface area contributed by atoms with Gasteiger partial charge in [0.2, 0.25) is 0 Å². The van der Waals surface area contributed by atoms with Crippen molar-refractivity contribution < 1.29 is 9.90 Å². The molecule has 0 bridgehead atoms. The van der Waals surface area contributed by atoms with Gasteiger partial charge in [0.05, 0.1) is 5.56 Å². The van der Waals surface area contributed by atoms with Crippen LogP contribution >= 0.6 is 0 Å². The van der Waals surface area contributed by atoms with Crippen LogP contribution in [-0.2, 0) is 6.42 Å². The molecular weight excluding hydrogens is 228 g/mol. The number of H-pyrrole nitrogens is 1. The van der Waals surface area contributed by atoms with Gasteiger partial charge in [0.15, 0.2) is 0 Å². The predicted molar refractivity (Wildman–Crippen MR) is 71.2 cm³/mol. The SMILES string of the molecule is CN(CCc1cc[nH]c1)c1ccc(C(=O)O)cc1. The van der Waals surface area contributed by atoms with Crippen LogP contribution in [0.15, 0.2) is 42.7 Å². The minimum Gasteiger partial charge on any atom is -0.478 e. The second kappa shape index (κ2) is 5.40. The van der Waals surface area contributed by atoms with Crippen LogP contribution in [0, 0.1) is 0 Å². The van der Waals surface area contributed by atoms with Crippen molar-refractivity contribution in [2.24, 2.45) is 0 Å². The maximum Gasteiger partial charge on any atom is 0.335 e. The standard InChI is InChI=1S/C14H16N2O2/c1-16(9-7-11-6-8-15-10-11)13-4-2-12(3-5-13)14(17)18/h2-6,8,10,15H,7,9H2,1H3,(H,17,18). The van der Waals surface area contributed by atoms with E-state index in [1.165, 1.54) is 5.56 Å². The zero-order chi connectivity index (χ0) is 13.0. The molecule has 0 saturated carbocycles. The number of carboxylic acid groups (broad SMARTS) is 1. The molecule has 2 aromatic rings. The number of aromatic nitrogens is 1. The fraction of sp³-hybridized carbons (Fsp3) is 0.214. The molecule has 0 aliphatic rings. The quantitative estimate of drug-likeness (QED) is 0.849. The van der Waals surface area contributed by atoms with Gasteiger partial charge in [0, 0.05) is 31.7 Å². The van der Waals surface area contributed by atoms with Gasteiger partial charge in [-0.3, -0.25) is 0 Å². The van der Waals surface area contributed by atoms with Crippen molar-refractivity contribution in [3.63, 3.8) is 0 Å². The van der Waals surface area contributed by atoms with E-state index < -0.39 is 5.97 Å². The van der Waals surface area contributed by atoms with E-state index in [4.69, 9.17) is 5.11 Å². The van der Waals surface area contributed by atoms with Crippen molar-refractivity contribution >= 4 is 11.7 Å². The lowest BCUT2D eigenvalue weighted by Crippen LogP contribution is -2.20. The van der Waals surface area contributed by atoms with E-state index in [-0.39, 0.29) is 0 Å². The second-order valence-corrected chi connectivity index (χ2v) is 4.24. The molecule has 2 rings (SSSR count). The lowest BCUT2D eigenvalue weighted by Gasteiger charge is -2.19. The molecule has 0 atom stereocenters. The van der Waals surface area contributed by atoms with Crippen molar-refractivity contribution in [2.45, 2.75) is 6.42 Å². The Kier molecular flexibility index (Phi) is 3.67. The Morgan fingerprint density at radius 1 is 1.28 bits per heavy atom. The Balaban J connectivity index is 1.96. The third-order valence-electron chi connectivity index (χ3n) is 2.95. The molecule has 0 aliphatic carbocycles. The van der Waals surface area contributed by atoms with E-state index >= 15 is 0 Å². The van der Waals surface area contributed by atoms with E-state index in [1.54, 1.807) is 12.1 Å². The molecule has 0 saturated heterocycles. The number of aromatic carboxylic acids is 1. The number of nitrogens with one attached hydrogen (secondary N) is 1. The molecule has 1 heterocycles. The van der Waals surface area contributed by atoms with Crippen LogP contribution in [0.25, 0.3) is 0 Å². The van der Waals surface area contributed by atoms with Gasteiger partial charge in [-0.15, -0.1) is 0 Å². The van der Waals surface area contributed by atoms with Crippen LogP contribution in [0.1, 0.15) is 15.9 Å². The Labute approximate surface area is 106 Å². The first kappa shape index (κ1) is 12.2. The summed E-state index contributed by atoms with van der Waals surface area (Å²) in [5.41, 5.74) is 2.61. The summed E-state index contributed by atoms with van der Waals surface area (Å²) in [6, 6.07) is 8.98. The highest BCUT2D eigenvalue weighted by atomic mass is 16.4. The first-order valence-corrected chi connectivity index (χ1v) is 5.83. The fourth-order valence-electron chi connectivity index (χ4n) is 1.80. The molecule has 2 N–H and O–H groups in total. The van der Waals surface area contributed by atoms with Gasteiger partial charge in [-0.05, 0) is 42.3 Å². The van der Waals surface area contributed by atoms with Gasteiger partial charge in [0.25, 0.3) is 0 Å². The number of rotatable bonds is 5. The highest BCUT2D eigenvalue weighted by molar-refractivity contribution is 5.88. The van der Waals surface area contributed by atoms with E-state index in [9.17, 15) is 4.79 Å². The predicted octanol–water partition coefficient (Wildman–Crippen LogP) is 2.39. The number of benzene rings is 1. The minimum absolute atomic E-state index is 0.317. The zero-order valence-corrected chi connectivity index (χ0v) is 10.3. The number of carboxylic acids is 1. The number of aromatic amines is 1. The average Bonchev–Trinajstić information content (AvgIpc) is 2.89. The van der Waals surface area contributed by atoms with Crippen LogP contribution < -0.4 is 4.90 Å². The van der Waals surface area contributed by atoms with Gasteiger partial charge in [-0.25, -0.2) is 4.79 Å². The van der Waals surface area contributed by atoms with E-state index in [0.717, 1.165) is 18.7 Å². The molecule has 0 unspecified atom stereocenters. The largest absolute Gasteiger partial charge is 0.478 e. The number of anilines is 1. The van der Waals surface area contributed by atoms with Crippen molar-refractivity contribution in [2.75, 3.05) is 18.5 Å². The Bertz CT molecular complexity index is 503. The van der Waals surface area contributed by atoms with Crippen LogP contribution in [0.5, 0.6) is 0 Å². The number of hydrogen-bond acceptors (Lipinski definition) is 2. The number of hydrogen-bond donors (Lipinski definition) is 2. The van der Waals surface area contributed by atoms with Gasteiger partial charge in [0.1, 0.15) is 0 Å². The maximum absolute atomic E-state index is 10.7. The third kappa shape index (κ3) is 2.91. The second-order valence-electron chi connectivity index (χ2n) is 4.24. The Morgan fingerprint density at radius 2 is 2.00 bits per heavy atom. The topological polar surface area (TPSA) is 56.3 Å². The smallest absolute Gasteiger partial charge is 0.335 e. The average molecular weight is 244 g/mol. The van der Waals surface area contributed by atoms with Gasteiger partial charge in [-0.1, -0.05) is 0 Å². The summed E-state index contributed by atoms with van der Waals surface area (Å²) in [4.78, 5) is 15.9.